The number of esters is 4. The Morgan fingerprint density at radius 1 is 0.535 bits per heavy atom. The third kappa shape index (κ3) is 9.98. The monoisotopic (exact) mass is 1210 g/mol. The maximum absolute atomic E-state index is 15.8. The van der Waals surface area contributed by atoms with E-state index in [0.717, 1.165) is 45.8 Å². The Hall–Kier alpha value is -10.3. The summed E-state index contributed by atoms with van der Waals surface area (Å²) in [6.07, 6.45) is 1.54. The first kappa shape index (κ1) is 57.6. The van der Waals surface area contributed by atoms with Gasteiger partial charge in [-0.25, -0.2) is 4.99 Å². The summed E-state index contributed by atoms with van der Waals surface area (Å²) in [7, 11) is 0. The van der Waals surface area contributed by atoms with Crippen molar-refractivity contribution >= 4 is 97.3 Å². The van der Waals surface area contributed by atoms with Gasteiger partial charge in [-0.2, -0.15) is 21.0 Å². The molecule has 21 heteroatoms. The molecule has 1 aliphatic heterocycles. The van der Waals surface area contributed by atoms with E-state index in [4.69, 9.17) is 23.9 Å². The third-order valence-electron chi connectivity index (χ3n) is 14.6. The van der Waals surface area contributed by atoms with Gasteiger partial charge in [0.2, 0.25) is 10.8 Å². The topological polar surface area (TPSA) is 255 Å². The first-order chi connectivity index (χ1) is 41.8. The van der Waals surface area contributed by atoms with Crippen molar-refractivity contribution in [2.24, 2.45) is 4.99 Å². The Morgan fingerprint density at radius 2 is 0.953 bits per heavy atom. The number of thiophene rings is 2. The Morgan fingerprint density at radius 3 is 1.36 bits per heavy atom. The number of hydrogen-bond acceptors (Lipinski definition) is 19. The summed E-state index contributed by atoms with van der Waals surface area (Å²) in [5.41, 5.74) is -2.98. The van der Waals surface area contributed by atoms with Crippen molar-refractivity contribution in [3.63, 3.8) is 0 Å². The molecular formula is C65H43N7O10S4. The number of fused-ring (bicyclic) bond motifs is 6. The molecule has 17 nitrogen and oxygen atoms in total. The number of nitriles is 4. The van der Waals surface area contributed by atoms with Crippen molar-refractivity contribution < 1.29 is 42.9 Å². The molecule has 3 aliphatic rings. The normalized spacial score (nSPS) is 14.4. The van der Waals surface area contributed by atoms with E-state index in [2.05, 4.69) is 0 Å². The number of thiazole rings is 1. The largest absolute Gasteiger partial charge is 0.459 e. The maximum atomic E-state index is 15.8. The van der Waals surface area contributed by atoms with Crippen molar-refractivity contribution in [2.75, 3.05) is 6.54 Å². The lowest BCUT2D eigenvalue weighted by atomic mass is 9.75. The molecule has 422 valence electrons. The smallest absolute Gasteiger partial charge is 0.333 e. The summed E-state index contributed by atoms with van der Waals surface area (Å²) in [6.45, 7) is 2.46. The van der Waals surface area contributed by atoms with Crippen molar-refractivity contribution in [2.45, 2.75) is 57.6 Å². The molecule has 4 heterocycles. The minimum atomic E-state index is -2.48. The highest BCUT2D eigenvalue weighted by molar-refractivity contribution is 8.19. The van der Waals surface area contributed by atoms with Gasteiger partial charge in [-0.1, -0.05) is 121 Å². The zero-order chi connectivity index (χ0) is 60.3. The molecule has 3 aromatic heterocycles. The average Bonchev–Trinajstić information content (AvgIpc) is 1.52. The van der Waals surface area contributed by atoms with E-state index in [1.807, 2.05) is 24.3 Å². The maximum Gasteiger partial charge on any atom is 0.333 e. The molecule has 1 saturated heterocycles. The lowest BCUT2D eigenvalue weighted by Crippen LogP contribution is -2.46. The van der Waals surface area contributed by atoms with Gasteiger partial charge in [-0.15, -0.1) is 34.0 Å². The molecule has 8 aromatic rings. The van der Waals surface area contributed by atoms with E-state index in [9.17, 15) is 30.6 Å². The average molecular weight is 1210 g/mol. The van der Waals surface area contributed by atoms with Gasteiger partial charge < -0.3 is 18.9 Å². The number of allylic oxidation sites excluding steroid dienone is 1. The highest BCUT2D eigenvalue weighted by Crippen LogP contribution is 2.62. The molecule has 0 bridgehead atoms. The molecule has 0 N–H and O–H groups in total. The summed E-state index contributed by atoms with van der Waals surface area (Å²) in [6, 6.07) is 48.9. The lowest BCUT2D eigenvalue weighted by molar-refractivity contribution is -0.166. The van der Waals surface area contributed by atoms with Crippen LogP contribution in [0, 0.1) is 45.3 Å². The van der Waals surface area contributed by atoms with Crippen molar-refractivity contribution in [1.29, 1.82) is 21.0 Å². The lowest BCUT2D eigenvalue weighted by Gasteiger charge is -2.29. The number of ether oxygens (including phenoxy) is 4. The van der Waals surface area contributed by atoms with Crippen LogP contribution in [-0.2, 0) is 86.7 Å². The van der Waals surface area contributed by atoms with Crippen LogP contribution in [0.25, 0.3) is 32.5 Å². The number of thioether (sulfide) groups is 1. The molecule has 5 aromatic carbocycles. The minimum Gasteiger partial charge on any atom is -0.459 e. The van der Waals surface area contributed by atoms with Gasteiger partial charge in [-0.3, -0.25) is 38.2 Å². The number of benzene rings is 5. The zero-order valence-electron chi connectivity index (χ0n) is 45.5. The quantitative estimate of drug-likeness (QED) is 0.0378. The van der Waals surface area contributed by atoms with E-state index >= 15 is 19.2 Å². The van der Waals surface area contributed by atoms with Crippen LogP contribution in [0.2, 0.25) is 0 Å². The van der Waals surface area contributed by atoms with Crippen molar-refractivity contribution in [1.82, 2.24) is 9.47 Å². The molecular weight excluding hydrogens is 1170 g/mol. The fraction of sp³-hybridized carbons (Fsp3) is 0.154. The molecule has 0 saturated carbocycles. The third-order valence-corrected chi connectivity index (χ3v) is 19.0. The first-order valence-corrected chi connectivity index (χ1v) is 29.8. The summed E-state index contributed by atoms with van der Waals surface area (Å²) in [5.74, 6) is -4.80. The molecule has 1 amide bonds. The van der Waals surface area contributed by atoms with Gasteiger partial charge >= 0.3 is 23.9 Å². The Balaban J connectivity index is 1.19. The van der Waals surface area contributed by atoms with Crippen LogP contribution in [0.4, 0.5) is 5.00 Å². The number of carbonyl (C=O) groups excluding carboxylic acids is 5. The number of aromatic nitrogens is 1. The SMILES string of the molecule is CCN1C(=O)C(=Nc2cc3c(s2)-c2cc4c(cc2C3(C(=O)OCc2ccccc2)C(=O)OCc2ccccc2)-c2sc(/C=c3\sc(=C(C#N)C#N)n(CC)c3=O)cc2C4(C(=O)OCc2ccccc2)C(=O)OCc2ccccc2)SC1=C(C#N)C#N. The summed E-state index contributed by atoms with van der Waals surface area (Å²) in [5, 5.41) is 39.5. The van der Waals surface area contributed by atoms with Gasteiger partial charge in [0.15, 0.2) is 16.2 Å². The van der Waals surface area contributed by atoms with Gasteiger partial charge in [0.05, 0.1) is 4.53 Å². The molecule has 0 spiro atoms. The van der Waals surface area contributed by atoms with E-state index in [1.165, 1.54) is 15.5 Å². The first-order valence-electron chi connectivity index (χ1n) is 26.6. The molecule has 0 radical (unpaired) electrons. The van der Waals surface area contributed by atoms with Gasteiger partial charge in [0, 0.05) is 38.8 Å². The molecule has 11 rings (SSSR count). The van der Waals surface area contributed by atoms with Gasteiger partial charge in [0.25, 0.3) is 11.5 Å². The number of rotatable bonds is 16. The molecule has 0 atom stereocenters. The van der Waals surface area contributed by atoms with E-state index in [0.29, 0.717) is 32.0 Å². The van der Waals surface area contributed by atoms with Crippen LogP contribution in [0.3, 0.4) is 0 Å². The Bertz CT molecular complexity index is 4420. The standard InChI is InChI=1S/C65H43N7O10S4/c1-3-71-56(73)51(84-58(71)42(30-66)31-67)26-44-25-49-53(83-44)45-27-48-46(28-47(45)64(49,60(75)79-34-38-17-9-5-10-18-38)61(76)80-35-39-19-11-6-12-20-39)54-50(29-52(85-54)70-55-57(74)72(4-2)59(86-55)43(32-68)33-69)65(48,62(77)81-36-40-21-13-7-14-22-40)63(78)82-37-41-23-15-8-16-24-41/h5-29H,3-4,34-37H2,1-2H3/b51-26-,70-55?. The minimum absolute atomic E-state index is 0.0425. The molecule has 0 unspecified atom stereocenters. The van der Waals surface area contributed by atoms with E-state index in [1.54, 1.807) is 159 Å². The fourth-order valence-electron chi connectivity index (χ4n) is 10.5. The highest BCUT2D eigenvalue weighted by atomic mass is 32.2. The van der Waals surface area contributed by atoms with E-state index in [-0.39, 0.29) is 113 Å². The molecule has 2 aliphatic carbocycles. The number of amides is 1. The summed E-state index contributed by atoms with van der Waals surface area (Å²) >= 11 is 3.82. The number of carbonyl (C=O) groups is 5. The van der Waals surface area contributed by atoms with Crippen LogP contribution >= 0.6 is 45.8 Å². The van der Waals surface area contributed by atoms with Crippen LogP contribution in [0.15, 0.2) is 166 Å². The number of hydrogen-bond donors (Lipinski definition) is 0. The Labute approximate surface area is 507 Å². The summed E-state index contributed by atoms with van der Waals surface area (Å²) < 4.78 is 26.5. The number of aliphatic imine (C=N–C) groups is 1. The Kier molecular flexibility index (Phi) is 16.2. The molecule has 1 fully saturated rings. The fourth-order valence-corrected chi connectivity index (χ4v) is 15.1. The predicted molar refractivity (Wildman–Crippen MR) is 322 cm³/mol. The van der Waals surface area contributed by atoms with Crippen LogP contribution in [0.1, 0.15) is 63.2 Å². The number of nitrogens with zero attached hydrogens (tertiary/aromatic N) is 7. The second-order valence-corrected chi connectivity index (χ2v) is 23.6. The van der Waals surface area contributed by atoms with Crippen molar-refractivity contribution in [3.8, 4) is 45.2 Å². The van der Waals surface area contributed by atoms with Gasteiger partial charge in [-0.05, 0) is 100 Å². The highest BCUT2D eigenvalue weighted by Gasteiger charge is 2.63. The molecule has 86 heavy (non-hydrogen) atoms. The van der Waals surface area contributed by atoms with Gasteiger partial charge in [0.1, 0.15) is 65.4 Å². The second kappa shape index (κ2) is 24.1. The van der Waals surface area contributed by atoms with E-state index < -0.39 is 46.2 Å². The van der Waals surface area contributed by atoms with Crippen molar-refractivity contribution in [3.05, 3.63) is 225 Å². The second-order valence-electron chi connectivity index (χ2n) is 19.4. The van der Waals surface area contributed by atoms with Crippen LogP contribution < -0.4 is 14.8 Å². The van der Waals surface area contributed by atoms with Crippen LogP contribution in [-0.4, -0.2) is 50.8 Å². The predicted octanol–water partition coefficient (Wildman–Crippen LogP) is 9.47. The van der Waals surface area contributed by atoms with Crippen LogP contribution in [0.5, 0.6) is 0 Å². The zero-order valence-corrected chi connectivity index (χ0v) is 48.8. The summed E-state index contributed by atoms with van der Waals surface area (Å²) in [4.78, 5) is 98.2.